The van der Waals surface area contributed by atoms with E-state index in [1.54, 1.807) is 0 Å². The molecular weight excluding hydrogens is 614 g/mol. The fourth-order valence-electron chi connectivity index (χ4n) is 11.8. The molecular formula is C38H61NO9. The van der Waals surface area contributed by atoms with Crippen molar-refractivity contribution in [1.82, 2.24) is 5.32 Å². The van der Waals surface area contributed by atoms with Crippen LogP contribution in [0.3, 0.4) is 0 Å². The first kappa shape index (κ1) is 36.1. The Morgan fingerprint density at radius 3 is 2.12 bits per heavy atom. The zero-order valence-corrected chi connectivity index (χ0v) is 30.5. The normalized spacial score (nSPS) is 45.8. The Hall–Kier alpha value is -1.75. The third-order valence-corrected chi connectivity index (χ3v) is 14.5. The predicted molar refractivity (Wildman–Crippen MR) is 176 cm³/mol. The quantitative estimate of drug-likeness (QED) is 0.211. The van der Waals surface area contributed by atoms with Gasteiger partial charge in [0.15, 0.2) is 0 Å². The molecule has 0 bridgehead atoms. The van der Waals surface area contributed by atoms with Crippen LogP contribution in [0.1, 0.15) is 138 Å². The molecule has 1 saturated heterocycles. The number of hydrogen-bond acceptors (Lipinski definition) is 9. The summed E-state index contributed by atoms with van der Waals surface area (Å²) in [5.41, 5.74) is -0.386. The summed E-state index contributed by atoms with van der Waals surface area (Å²) in [7, 11) is 0. The largest absolute Gasteiger partial charge is 0.462 e. The van der Waals surface area contributed by atoms with Crippen LogP contribution in [0.2, 0.25) is 0 Å². The Morgan fingerprint density at radius 2 is 1.50 bits per heavy atom. The molecule has 6 aliphatic rings. The summed E-state index contributed by atoms with van der Waals surface area (Å²) in [6, 6.07) is 0. The van der Waals surface area contributed by atoms with Crippen molar-refractivity contribution < 1.29 is 43.4 Å². The number of carbonyl (C=O) groups excluding carboxylic acids is 3. The van der Waals surface area contributed by atoms with Gasteiger partial charge in [0.25, 0.3) is 0 Å². The standard InChI is InChI=1S/C38H61NO9/c1-8-26-14-16-37(17-15-26)45-47-38(48-46-37)19-18-35(6)27(22-38)20-31(43-24(4)40)34-29-12-11-28(23(3)10-13-33(42)39-9-2)36(29,7)32(21-30(34)35)44-25(5)41/h23,26-32,34H,8-22H2,1-7H3,(H,39,42)/t23?,26?,27-,28-,29?,30?,31-,32+,34?,35+,36-,37?,38?/m1/s1. The Morgan fingerprint density at radius 1 is 0.833 bits per heavy atom. The van der Waals surface area contributed by atoms with Crippen LogP contribution in [0, 0.1) is 52.3 Å². The second-order valence-electron chi connectivity index (χ2n) is 16.9. The van der Waals surface area contributed by atoms with Crippen LogP contribution in [0.5, 0.6) is 0 Å². The lowest BCUT2D eigenvalue weighted by atomic mass is 9.42. The third-order valence-electron chi connectivity index (χ3n) is 14.5. The lowest BCUT2D eigenvalue weighted by Crippen LogP contribution is -2.65. The van der Waals surface area contributed by atoms with Gasteiger partial charge in [0.05, 0.1) is 0 Å². The van der Waals surface area contributed by atoms with Crippen LogP contribution >= 0.6 is 0 Å². The van der Waals surface area contributed by atoms with Crippen molar-refractivity contribution >= 4 is 17.8 Å². The Labute approximate surface area is 287 Å². The zero-order chi connectivity index (χ0) is 34.5. The molecule has 1 aliphatic heterocycles. The minimum Gasteiger partial charge on any atom is -0.462 e. The molecule has 4 unspecified atom stereocenters. The maximum absolute atomic E-state index is 12.7. The minimum absolute atomic E-state index is 0.0845. The predicted octanol–water partition coefficient (Wildman–Crippen LogP) is 7.18. The second kappa shape index (κ2) is 13.8. The van der Waals surface area contributed by atoms with Crippen LogP contribution in [-0.2, 0) is 43.4 Å². The third kappa shape index (κ3) is 6.45. The van der Waals surface area contributed by atoms with Gasteiger partial charge in [-0.2, -0.15) is 19.6 Å². The van der Waals surface area contributed by atoms with E-state index in [9.17, 15) is 14.4 Å². The van der Waals surface area contributed by atoms with E-state index in [1.807, 2.05) is 6.92 Å². The van der Waals surface area contributed by atoms with Crippen molar-refractivity contribution in [3.8, 4) is 0 Å². The minimum atomic E-state index is -0.999. The molecule has 10 nitrogen and oxygen atoms in total. The van der Waals surface area contributed by atoms with Gasteiger partial charge < -0.3 is 14.8 Å². The molecule has 0 radical (unpaired) electrons. The molecule has 0 aromatic heterocycles. The van der Waals surface area contributed by atoms with Crippen LogP contribution < -0.4 is 5.32 Å². The van der Waals surface area contributed by atoms with E-state index in [-0.39, 0.29) is 70.5 Å². The summed E-state index contributed by atoms with van der Waals surface area (Å²) in [5, 5.41) is 2.93. The number of amides is 1. The van der Waals surface area contributed by atoms with E-state index in [4.69, 9.17) is 29.0 Å². The van der Waals surface area contributed by atoms with Crippen LogP contribution in [0.25, 0.3) is 0 Å². The van der Waals surface area contributed by atoms with Gasteiger partial charge >= 0.3 is 11.9 Å². The molecule has 0 aromatic carbocycles. The Kier molecular flexibility index (Phi) is 10.3. The average molecular weight is 676 g/mol. The monoisotopic (exact) mass is 675 g/mol. The first-order valence-corrected chi connectivity index (χ1v) is 19.1. The molecule has 5 saturated carbocycles. The molecule has 272 valence electrons. The van der Waals surface area contributed by atoms with Crippen molar-refractivity contribution in [2.45, 2.75) is 162 Å². The maximum atomic E-state index is 12.7. The number of fused-ring (bicyclic) bond motifs is 5. The topological polar surface area (TPSA) is 119 Å². The fraction of sp³-hybridized carbons (Fsp3) is 0.921. The van der Waals surface area contributed by atoms with Crippen molar-refractivity contribution in [1.29, 1.82) is 0 Å². The highest BCUT2D eigenvalue weighted by atomic mass is 17.4. The zero-order valence-electron chi connectivity index (χ0n) is 30.5. The van der Waals surface area contributed by atoms with Crippen molar-refractivity contribution in [2.24, 2.45) is 52.3 Å². The summed E-state index contributed by atoms with van der Waals surface area (Å²) in [4.78, 5) is 62.4. The molecule has 1 amide bonds. The van der Waals surface area contributed by atoms with Gasteiger partial charge in [-0.25, -0.2) is 0 Å². The molecule has 10 heteroatoms. The summed E-state index contributed by atoms with van der Waals surface area (Å²) in [6.07, 6.45) is 11.0. The molecule has 6 fully saturated rings. The van der Waals surface area contributed by atoms with E-state index >= 15 is 0 Å². The molecule has 1 heterocycles. The smallest absolute Gasteiger partial charge is 0.302 e. The van der Waals surface area contributed by atoms with E-state index in [1.165, 1.54) is 13.8 Å². The molecule has 10 atom stereocenters. The van der Waals surface area contributed by atoms with Gasteiger partial charge in [0.2, 0.25) is 17.5 Å². The summed E-state index contributed by atoms with van der Waals surface area (Å²) in [5.74, 6) is -0.318. The fourth-order valence-corrected chi connectivity index (χ4v) is 11.8. The number of hydrogen-bond donors (Lipinski definition) is 1. The maximum Gasteiger partial charge on any atom is 0.302 e. The van der Waals surface area contributed by atoms with Crippen LogP contribution in [-0.4, -0.2) is 48.2 Å². The SMILES string of the molecule is CCNC(=O)CCC(C)[C@H]1CCC2C3C(C[C@H](OC(C)=O)[C@@]21C)[C@@]1(C)CCC2(C[C@H]1C[C@H]3OC(C)=O)OOC1(CCC(CC)CC1)OO2. The lowest BCUT2D eigenvalue weighted by Gasteiger charge is -2.65. The second-order valence-corrected chi connectivity index (χ2v) is 16.9. The molecule has 2 spiro atoms. The van der Waals surface area contributed by atoms with E-state index in [0.29, 0.717) is 37.6 Å². The van der Waals surface area contributed by atoms with Gasteiger partial charge in [-0.1, -0.05) is 34.1 Å². The van der Waals surface area contributed by atoms with Crippen LogP contribution in [0.15, 0.2) is 0 Å². The highest BCUT2D eigenvalue weighted by Gasteiger charge is 2.69. The van der Waals surface area contributed by atoms with Gasteiger partial charge in [-0.3, -0.25) is 14.4 Å². The molecule has 1 N–H and O–H groups in total. The summed E-state index contributed by atoms with van der Waals surface area (Å²) in [6.45, 7) is 14.8. The number of ether oxygens (including phenoxy) is 2. The van der Waals surface area contributed by atoms with Crippen LogP contribution in [0.4, 0.5) is 0 Å². The van der Waals surface area contributed by atoms with Crippen molar-refractivity contribution in [2.75, 3.05) is 6.54 Å². The van der Waals surface area contributed by atoms with Crippen molar-refractivity contribution in [3.63, 3.8) is 0 Å². The molecule has 0 aromatic rings. The summed E-state index contributed by atoms with van der Waals surface area (Å²) < 4.78 is 12.6. The highest BCUT2D eigenvalue weighted by molar-refractivity contribution is 5.75. The summed E-state index contributed by atoms with van der Waals surface area (Å²) >= 11 is 0. The number of nitrogens with one attached hydrogen (secondary N) is 1. The lowest BCUT2D eigenvalue weighted by molar-refractivity contribution is -0.665. The van der Waals surface area contributed by atoms with Gasteiger partial charge in [-0.15, -0.1) is 0 Å². The molecule has 48 heavy (non-hydrogen) atoms. The number of carbonyl (C=O) groups is 3. The number of esters is 2. The first-order valence-electron chi connectivity index (χ1n) is 19.1. The first-order chi connectivity index (χ1) is 22.8. The van der Waals surface area contributed by atoms with Gasteiger partial charge in [0, 0.05) is 63.8 Å². The highest BCUT2D eigenvalue weighted by Crippen LogP contribution is 2.70. The average Bonchev–Trinajstić information content (AvgIpc) is 3.41. The Balaban J connectivity index is 1.24. The molecule has 6 rings (SSSR count). The van der Waals surface area contributed by atoms with E-state index in [2.05, 4.69) is 33.0 Å². The molecule has 5 aliphatic carbocycles. The van der Waals surface area contributed by atoms with Gasteiger partial charge in [0.1, 0.15) is 12.2 Å². The van der Waals surface area contributed by atoms with Crippen molar-refractivity contribution in [3.05, 3.63) is 0 Å². The van der Waals surface area contributed by atoms with E-state index < -0.39 is 11.6 Å². The number of rotatable bonds is 8. The van der Waals surface area contributed by atoms with E-state index in [0.717, 1.165) is 70.6 Å². The van der Waals surface area contributed by atoms with Gasteiger partial charge in [-0.05, 0) is 99.2 Å². The Bertz CT molecular complexity index is 1190.